The van der Waals surface area contributed by atoms with Crippen molar-refractivity contribution >= 4 is 5.91 Å². The van der Waals surface area contributed by atoms with E-state index in [9.17, 15) is 4.79 Å². The summed E-state index contributed by atoms with van der Waals surface area (Å²) in [4.78, 5) is 18.0. The molecule has 0 bridgehead atoms. The molecule has 1 aliphatic carbocycles. The van der Waals surface area contributed by atoms with E-state index in [4.69, 9.17) is 0 Å². The van der Waals surface area contributed by atoms with Crippen molar-refractivity contribution in [1.82, 2.24) is 19.6 Å². The zero-order valence-electron chi connectivity index (χ0n) is 20.4. The molecule has 1 aromatic heterocycles. The van der Waals surface area contributed by atoms with Gasteiger partial charge in [0.25, 0.3) is 5.91 Å². The lowest BCUT2D eigenvalue weighted by molar-refractivity contribution is 0.0525. The van der Waals surface area contributed by atoms with Crippen LogP contribution in [-0.2, 0) is 26.3 Å². The van der Waals surface area contributed by atoms with Crippen molar-refractivity contribution in [3.63, 3.8) is 0 Å². The number of carbonyl (C=O) groups excluding carboxylic acids is 1. The third kappa shape index (κ3) is 4.95. The second kappa shape index (κ2) is 10.1. The molecule has 5 heteroatoms. The maximum Gasteiger partial charge on any atom is 0.274 e. The molecule has 1 saturated heterocycles. The molecule has 1 fully saturated rings. The standard InChI is InChI=1S/C29H36N4O/c1-31-17-16-27(30-31)29(34)32(2)28(20-22-8-4-3-5-9-22)24-14-18-33(19-15-24)26-13-12-23-10-6-7-11-25(23)21-26/h3-11,16-17,24,26,28H,12-15,18-21H2,1-2H3. The molecule has 5 rings (SSSR count). The van der Waals surface area contributed by atoms with Gasteiger partial charge in [0, 0.05) is 32.4 Å². The van der Waals surface area contributed by atoms with Gasteiger partial charge in [-0.1, -0.05) is 54.6 Å². The van der Waals surface area contributed by atoms with Crippen LogP contribution in [-0.4, -0.2) is 57.7 Å². The molecule has 5 nitrogen and oxygen atoms in total. The first kappa shape index (κ1) is 22.9. The Kier molecular flexibility index (Phi) is 6.82. The Labute approximate surface area is 203 Å². The van der Waals surface area contributed by atoms with E-state index in [2.05, 4.69) is 64.6 Å². The Morgan fingerprint density at radius 2 is 1.71 bits per heavy atom. The van der Waals surface area contributed by atoms with Crippen molar-refractivity contribution in [2.75, 3.05) is 20.1 Å². The molecule has 0 saturated carbocycles. The van der Waals surface area contributed by atoms with E-state index in [1.165, 1.54) is 36.0 Å². The zero-order valence-corrected chi connectivity index (χ0v) is 20.4. The van der Waals surface area contributed by atoms with E-state index in [1.807, 2.05) is 31.3 Å². The molecular formula is C29H36N4O. The largest absolute Gasteiger partial charge is 0.337 e. The van der Waals surface area contributed by atoms with Gasteiger partial charge in [-0.15, -0.1) is 0 Å². The highest BCUT2D eigenvalue weighted by molar-refractivity contribution is 5.92. The highest BCUT2D eigenvalue weighted by Gasteiger charge is 2.34. The van der Waals surface area contributed by atoms with Crippen molar-refractivity contribution in [3.05, 3.63) is 89.2 Å². The van der Waals surface area contributed by atoms with Crippen molar-refractivity contribution in [2.24, 2.45) is 13.0 Å². The van der Waals surface area contributed by atoms with Gasteiger partial charge in [0.05, 0.1) is 0 Å². The molecule has 2 atom stereocenters. The number of amides is 1. The van der Waals surface area contributed by atoms with Gasteiger partial charge >= 0.3 is 0 Å². The number of fused-ring (bicyclic) bond motifs is 1. The lowest BCUT2D eigenvalue weighted by atomic mass is 9.82. The van der Waals surface area contributed by atoms with Gasteiger partial charge in [-0.25, -0.2) is 0 Å². The van der Waals surface area contributed by atoms with Crippen molar-refractivity contribution < 1.29 is 4.79 Å². The number of benzene rings is 2. The van der Waals surface area contributed by atoms with Crippen LogP contribution in [0.2, 0.25) is 0 Å². The second-order valence-corrected chi connectivity index (χ2v) is 10.1. The maximum atomic E-state index is 13.3. The van der Waals surface area contributed by atoms with E-state index in [1.54, 1.807) is 4.68 Å². The number of rotatable bonds is 6. The molecule has 2 aliphatic rings. The lowest BCUT2D eigenvalue weighted by Gasteiger charge is -2.43. The van der Waals surface area contributed by atoms with Crippen LogP contribution in [0, 0.1) is 5.92 Å². The summed E-state index contributed by atoms with van der Waals surface area (Å²) in [5.74, 6) is 0.512. The van der Waals surface area contributed by atoms with E-state index in [-0.39, 0.29) is 11.9 Å². The number of likely N-dealkylation sites (tertiary alicyclic amines) is 1. The molecule has 178 valence electrons. The third-order valence-electron chi connectivity index (χ3n) is 7.99. The molecule has 3 aromatic rings. The van der Waals surface area contributed by atoms with E-state index < -0.39 is 0 Å². The summed E-state index contributed by atoms with van der Waals surface area (Å²) in [6.45, 7) is 2.24. The minimum atomic E-state index is 0.0212. The Bertz CT molecular complexity index is 1100. The first-order valence-corrected chi connectivity index (χ1v) is 12.7. The number of likely N-dealkylation sites (N-methyl/N-ethyl adjacent to an activating group) is 1. The quantitative estimate of drug-likeness (QED) is 0.553. The van der Waals surface area contributed by atoms with Gasteiger partial charge in [0.2, 0.25) is 0 Å². The SMILES string of the molecule is CN(C(=O)c1ccn(C)n1)C(Cc1ccccc1)C1CCN(C2CCc3ccccc3C2)CC1. The summed E-state index contributed by atoms with van der Waals surface area (Å²) in [7, 11) is 3.83. The first-order valence-electron chi connectivity index (χ1n) is 12.7. The number of aromatic nitrogens is 2. The van der Waals surface area contributed by atoms with Crippen LogP contribution in [0.15, 0.2) is 66.9 Å². The van der Waals surface area contributed by atoms with E-state index in [0.717, 1.165) is 32.4 Å². The molecule has 2 unspecified atom stereocenters. The Morgan fingerprint density at radius 1 is 1.00 bits per heavy atom. The summed E-state index contributed by atoms with van der Waals surface area (Å²) < 4.78 is 1.70. The van der Waals surface area contributed by atoms with E-state index >= 15 is 0 Å². The van der Waals surface area contributed by atoms with Gasteiger partial charge in [-0.05, 0) is 80.3 Å². The summed E-state index contributed by atoms with van der Waals surface area (Å²) in [5.41, 5.74) is 4.88. The molecule has 2 aromatic carbocycles. The number of carbonyl (C=O) groups is 1. The van der Waals surface area contributed by atoms with Crippen LogP contribution >= 0.6 is 0 Å². The first-order chi connectivity index (χ1) is 16.6. The molecule has 0 spiro atoms. The van der Waals surface area contributed by atoms with Crippen LogP contribution in [0.5, 0.6) is 0 Å². The van der Waals surface area contributed by atoms with E-state index in [0.29, 0.717) is 17.7 Å². The van der Waals surface area contributed by atoms with Crippen molar-refractivity contribution in [2.45, 2.75) is 50.6 Å². The summed E-state index contributed by atoms with van der Waals surface area (Å²) in [6, 6.07) is 22.2. The van der Waals surface area contributed by atoms with Crippen LogP contribution in [0.4, 0.5) is 0 Å². The van der Waals surface area contributed by atoms with Crippen LogP contribution < -0.4 is 0 Å². The maximum absolute atomic E-state index is 13.3. The summed E-state index contributed by atoms with van der Waals surface area (Å²) in [6.07, 6.45) is 8.62. The predicted molar refractivity (Wildman–Crippen MR) is 136 cm³/mol. The summed E-state index contributed by atoms with van der Waals surface area (Å²) >= 11 is 0. The minimum Gasteiger partial charge on any atom is -0.337 e. The smallest absolute Gasteiger partial charge is 0.274 e. The fourth-order valence-electron chi connectivity index (χ4n) is 6.00. The number of aryl methyl sites for hydroxylation is 2. The van der Waals surface area contributed by atoms with Crippen LogP contribution in [0.1, 0.15) is 46.4 Å². The fourth-order valence-corrected chi connectivity index (χ4v) is 6.00. The Hall–Kier alpha value is -2.92. The zero-order chi connectivity index (χ0) is 23.5. The average Bonchev–Trinajstić information content (AvgIpc) is 3.33. The molecule has 1 aliphatic heterocycles. The monoisotopic (exact) mass is 456 g/mol. The Balaban J connectivity index is 1.28. The average molecular weight is 457 g/mol. The number of hydrogen-bond acceptors (Lipinski definition) is 3. The number of piperidine rings is 1. The Morgan fingerprint density at radius 3 is 2.41 bits per heavy atom. The lowest BCUT2D eigenvalue weighted by Crippen LogP contribution is -2.50. The molecule has 2 heterocycles. The third-order valence-corrected chi connectivity index (χ3v) is 7.99. The van der Waals surface area contributed by atoms with Gasteiger partial charge in [-0.2, -0.15) is 5.10 Å². The topological polar surface area (TPSA) is 41.4 Å². The van der Waals surface area contributed by atoms with Gasteiger partial charge in [0.1, 0.15) is 5.69 Å². The second-order valence-electron chi connectivity index (χ2n) is 10.1. The van der Waals surface area contributed by atoms with Crippen molar-refractivity contribution in [3.8, 4) is 0 Å². The highest BCUT2D eigenvalue weighted by Crippen LogP contribution is 2.31. The predicted octanol–water partition coefficient (Wildman–Crippen LogP) is 4.37. The van der Waals surface area contributed by atoms with Crippen molar-refractivity contribution in [1.29, 1.82) is 0 Å². The highest BCUT2D eigenvalue weighted by atomic mass is 16.2. The molecule has 1 amide bonds. The number of nitrogens with zero attached hydrogens (tertiary/aromatic N) is 4. The van der Waals surface area contributed by atoms with Gasteiger partial charge in [-0.3, -0.25) is 9.48 Å². The molecule has 34 heavy (non-hydrogen) atoms. The minimum absolute atomic E-state index is 0.0212. The fraction of sp³-hybridized carbons (Fsp3) is 0.448. The van der Waals surface area contributed by atoms with Crippen LogP contribution in [0.3, 0.4) is 0 Å². The summed E-state index contributed by atoms with van der Waals surface area (Å²) in [5, 5.41) is 4.38. The van der Waals surface area contributed by atoms with Gasteiger partial charge < -0.3 is 9.80 Å². The van der Waals surface area contributed by atoms with Gasteiger partial charge in [0.15, 0.2) is 0 Å². The van der Waals surface area contributed by atoms with Crippen LogP contribution in [0.25, 0.3) is 0 Å². The normalized spacial score (nSPS) is 20.0. The molecule has 0 radical (unpaired) electrons. The molecule has 0 N–H and O–H groups in total. The molecular weight excluding hydrogens is 420 g/mol. The number of hydrogen-bond donors (Lipinski definition) is 0.